The molecule has 0 aliphatic carbocycles. The first-order chi connectivity index (χ1) is 8.13. The van der Waals surface area contributed by atoms with Crippen molar-refractivity contribution in [3.63, 3.8) is 0 Å². The second-order valence-electron chi connectivity index (χ2n) is 4.14. The van der Waals surface area contributed by atoms with E-state index in [1.807, 2.05) is 18.2 Å². The average Bonchev–Trinajstić information content (AvgIpc) is 2.78. The lowest BCUT2D eigenvalue weighted by Gasteiger charge is -2.18. The van der Waals surface area contributed by atoms with Gasteiger partial charge in [0.1, 0.15) is 6.04 Å². The van der Waals surface area contributed by atoms with Crippen LogP contribution < -0.4 is 0 Å². The summed E-state index contributed by atoms with van der Waals surface area (Å²) in [7, 11) is -3.36. The van der Waals surface area contributed by atoms with Crippen LogP contribution in [-0.4, -0.2) is 25.3 Å². The molecule has 0 N–H and O–H groups in total. The Hall–Kier alpha value is -1.38. The average molecular weight is 250 g/mol. The van der Waals surface area contributed by atoms with Gasteiger partial charge >= 0.3 is 0 Å². The van der Waals surface area contributed by atoms with E-state index in [2.05, 4.69) is 6.07 Å². The first-order valence-corrected chi connectivity index (χ1v) is 7.17. The van der Waals surface area contributed by atoms with E-state index in [1.54, 1.807) is 12.1 Å². The first-order valence-electron chi connectivity index (χ1n) is 5.56. The molecule has 17 heavy (non-hydrogen) atoms. The van der Waals surface area contributed by atoms with Gasteiger partial charge in [0, 0.05) is 6.54 Å². The number of nitrogens with zero attached hydrogens (tertiary/aromatic N) is 2. The van der Waals surface area contributed by atoms with Crippen molar-refractivity contribution in [3.8, 4) is 6.07 Å². The van der Waals surface area contributed by atoms with E-state index < -0.39 is 16.1 Å². The molecule has 1 atom stereocenters. The van der Waals surface area contributed by atoms with Crippen LogP contribution in [0.25, 0.3) is 0 Å². The van der Waals surface area contributed by atoms with Crippen LogP contribution in [0.2, 0.25) is 0 Å². The molecule has 1 aromatic rings. The molecular formula is C12H14N2O2S. The monoisotopic (exact) mass is 250 g/mol. The lowest BCUT2D eigenvalue weighted by Crippen LogP contribution is -2.35. The number of rotatable bonds is 3. The van der Waals surface area contributed by atoms with Gasteiger partial charge in [0.15, 0.2) is 0 Å². The molecule has 1 heterocycles. The molecule has 0 amide bonds. The number of sulfonamides is 1. The quantitative estimate of drug-likeness (QED) is 0.816. The lowest BCUT2D eigenvalue weighted by molar-refractivity contribution is 0.437. The number of nitriles is 1. The Bertz CT molecular complexity index is 519. The summed E-state index contributed by atoms with van der Waals surface area (Å²) in [5, 5.41) is 8.91. The lowest BCUT2D eigenvalue weighted by atomic mass is 10.2. The van der Waals surface area contributed by atoms with Crippen molar-refractivity contribution in [1.82, 2.24) is 4.31 Å². The van der Waals surface area contributed by atoms with Crippen LogP contribution in [0.4, 0.5) is 0 Å². The Labute approximate surface area is 102 Å². The summed E-state index contributed by atoms with van der Waals surface area (Å²) in [6.07, 6.45) is 1.41. The summed E-state index contributed by atoms with van der Waals surface area (Å²) in [6, 6.07) is 10.6. The van der Waals surface area contributed by atoms with Crippen molar-refractivity contribution in [2.24, 2.45) is 0 Å². The van der Waals surface area contributed by atoms with E-state index in [1.165, 1.54) is 4.31 Å². The van der Waals surface area contributed by atoms with Gasteiger partial charge in [-0.2, -0.15) is 9.57 Å². The largest absolute Gasteiger partial charge is 0.219 e. The van der Waals surface area contributed by atoms with E-state index in [0.717, 1.165) is 12.0 Å². The smallest absolute Gasteiger partial charge is 0.212 e. The third-order valence-electron chi connectivity index (χ3n) is 2.90. The molecule has 1 aliphatic heterocycles. The zero-order valence-corrected chi connectivity index (χ0v) is 10.2. The molecular weight excluding hydrogens is 236 g/mol. The SMILES string of the molecule is N#CC1CCCN1S(=O)(=O)Cc1ccccc1. The van der Waals surface area contributed by atoms with Crippen LogP contribution in [0.5, 0.6) is 0 Å². The zero-order valence-electron chi connectivity index (χ0n) is 9.41. The maximum Gasteiger partial charge on any atom is 0.219 e. The molecule has 1 aliphatic rings. The fraction of sp³-hybridized carbons (Fsp3) is 0.417. The molecule has 4 nitrogen and oxygen atoms in total. The van der Waals surface area contributed by atoms with E-state index in [9.17, 15) is 8.42 Å². The maximum atomic E-state index is 12.1. The van der Waals surface area contributed by atoms with Crippen molar-refractivity contribution in [2.45, 2.75) is 24.6 Å². The summed E-state index contributed by atoms with van der Waals surface area (Å²) in [6.45, 7) is 0.466. The summed E-state index contributed by atoms with van der Waals surface area (Å²) in [4.78, 5) is 0. The van der Waals surface area contributed by atoms with Crippen LogP contribution in [-0.2, 0) is 15.8 Å². The molecule has 1 saturated heterocycles. The van der Waals surface area contributed by atoms with Crippen molar-refractivity contribution in [2.75, 3.05) is 6.54 Å². The van der Waals surface area contributed by atoms with Crippen molar-refractivity contribution in [1.29, 1.82) is 5.26 Å². The molecule has 0 aromatic heterocycles. The predicted molar refractivity (Wildman–Crippen MR) is 64.4 cm³/mol. The highest BCUT2D eigenvalue weighted by molar-refractivity contribution is 7.88. The standard InChI is InChI=1S/C12H14N2O2S/c13-9-12-7-4-8-14(12)17(15,16)10-11-5-2-1-3-6-11/h1-3,5-6,12H,4,7-8,10H2. The molecule has 0 radical (unpaired) electrons. The minimum Gasteiger partial charge on any atom is -0.212 e. The van der Waals surface area contributed by atoms with Gasteiger partial charge in [-0.1, -0.05) is 30.3 Å². The normalized spacial score (nSPS) is 21.2. The van der Waals surface area contributed by atoms with Crippen LogP contribution in [0.15, 0.2) is 30.3 Å². The minimum absolute atomic E-state index is 0.0218. The van der Waals surface area contributed by atoms with Gasteiger partial charge in [-0.15, -0.1) is 0 Å². The van der Waals surface area contributed by atoms with Gasteiger partial charge in [-0.05, 0) is 18.4 Å². The fourth-order valence-corrected chi connectivity index (χ4v) is 3.80. The van der Waals surface area contributed by atoms with Crippen molar-refractivity contribution in [3.05, 3.63) is 35.9 Å². The van der Waals surface area contributed by atoms with Crippen LogP contribution in [0.3, 0.4) is 0 Å². The Morgan fingerprint density at radius 1 is 1.35 bits per heavy atom. The maximum absolute atomic E-state index is 12.1. The summed E-state index contributed by atoms with van der Waals surface area (Å²) in [5.41, 5.74) is 0.760. The summed E-state index contributed by atoms with van der Waals surface area (Å²) < 4.78 is 25.6. The zero-order chi connectivity index (χ0) is 12.3. The Morgan fingerprint density at radius 2 is 2.06 bits per heavy atom. The molecule has 0 spiro atoms. The Morgan fingerprint density at radius 3 is 2.71 bits per heavy atom. The Kier molecular flexibility index (Phi) is 3.46. The number of benzene rings is 1. The van der Waals surface area contributed by atoms with Gasteiger partial charge in [-0.3, -0.25) is 0 Å². The molecule has 1 unspecified atom stereocenters. The fourth-order valence-electron chi connectivity index (χ4n) is 2.07. The topological polar surface area (TPSA) is 61.2 Å². The molecule has 2 rings (SSSR count). The van der Waals surface area contributed by atoms with Gasteiger partial charge < -0.3 is 0 Å². The van der Waals surface area contributed by atoms with E-state index in [-0.39, 0.29) is 5.75 Å². The van der Waals surface area contributed by atoms with Gasteiger partial charge in [0.2, 0.25) is 10.0 Å². The molecule has 90 valence electrons. The molecule has 0 bridgehead atoms. The predicted octanol–water partition coefficient (Wildman–Crippen LogP) is 1.50. The third-order valence-corrected chi connectivity index (χ3v) is 4.75. The minimum atomic E-state index is -3.36. The molecule has 1 fully saturated rings. The third kappa shape index (κ3) is 2.65. The second-order valence-corrected chi connectivity index (χ2v) is 6.06. The van der Waals surface area contributed by atoms with E-state index in [0.29, 0.717) is 13.0 Å². The number of hydrogen-bond donors (Lipinski definition) is 0. The molecule has 1 aromatic carbocycles. The number of hydrogen-bond acceptors (Lipinski definition) is 3. The van der Waals surface area contributed by atoms with Crippen molar-refractivity contribution < 1.29 is 8.42 Å². The summed E-state index contributed by atoms with van der Waals surface area (Å²) >= 11 is 0. The highest BCUT2D eigenvalue weighted by atomic mass is 32.2. The highest BCUT2D eigenvalue weighted by Crippen LogP contribution is 2.22. The summed E-state index contributed by atoms with van der Waals surface area (Å²) in [5.74, 6) is -0.0218. The van der Waals surface area contributed by atoms with Gasteiger partial charge in [0.05, 0.1) is 11.8 Å². The van der Waals surface area contributed by atoms with Gasteiger partial charge in [0.25, 0.3) is 0 Å². The van der Waals surface area contributed by atoms with Crippen LogP contribution >= 0.6 is 0 Å². The molecule has 0 saturated carbocycles. The van der Waals surface area contributed by atoms with E-state index in [4.69, 9.17) is 5.26 Å². The second kappa shape index (κ2) is 4.86. The van der Waals surface area contributed by atoms with Crippen LogP contribution in [0, 0.1) is 11.3 Å². The first kappa shape index (κ1) is 12.1. The van der Waals surface area contributed by atoms with E-state index >= 15 is 0 Å². The molecule has 5 heteroatoms. The van der Waals surface area contributed by atoms with Crippen LogP contribution in [0.1, 0.15) is 18.4 Å². The van der Waals surface area contributed by atoms with Gasteiger partial charge in [-0.25, -0.2) is 8.42 Å². The van der Waals surface area contributed by atoms with Crippen molar-refractivity contribution >= 4 is 10.0 Å². The Balaban J connectivity index is 2.18. The highest BCUT2D eigenvalue weighted by Gasteiger charge is 2.33.